The number of nitrogens with one attached hydrogen (secondary N) is 2. The molecule has 0 radical (unpaired) electrons. The maximum atomic E-state index is 12.3. The summed E-state index contributed by atoms with van der Waals surface area (Å²) in [6.07, 6.45) is 3.83. The smallest absolute Gasteiger partial charge is 0.272 e. The maximum absolute atomic E-state index is 12.3. The molecular formula is C20H19N5O3. The third-order valence-corrected chi connectivity index (χ3v) is 4.12. The molecular weight excluding hydrogens is 358 g/mol. The largest absolute Gasteiger partial charge is 0.385 e. The number of amides is 1. The number of carbonyl (C=O) groups excluding carboxylic acids is 1. The van der Waals surface area contributed by atoms with Crippen molar-refractivity contribution in [2.24, 2.45) is 0 Å². The van der Waals surface area contributed by atoms with E-state index in [9.17, 15) is 9.59 Å². The van der Waals surface area contributed by atoms with Crippen LogP contribution in [0.2, 0.25) is 0 Å². The van der Waals surface area contributed by atoms with Gasteiger partial charge in [-0.2, -0.15) is 5.26 Å². The van der Waals surface area contributed by atoms with E-state index < -0.39 is 0 Å². The summed E-state index contributed by atoms with van der Waals surface area (Å²) in [7, 11) is 1.61. The van der Waals surface area contributed by atoms with Crippen molar-refractivity contribution in [2.45, 2.75) is 6.42 Å². The van der Waals surface area contributed by atoms with Crippen molar-refractivity contribution in [3.8, 4) is 23.0 Å². The fourth-order valence-electron chi connectivity index (χ4n) is 2.63. The highest BCUT2D eigenvalue weighted by Gasteiger charge is 2.10. The number of aromatic nitrogens is 3. The van der Waals surface area contributed by atoms with Gasteiger partial charge in [0.15, 0.2) is 5.82 Å². The van der Waals surface area contributed by atoms with E-state index in [2.05, 4.69) is 15.4 Å². The minimum atomic E-state index is -0.272. The summed E-state index contributed by atoms with van der Waals surface area (Å²) < 4.78 is 6.44. The van der Waals surface area contributed by atoms with Crippen LogP contribution in [0.5, 0.6) is 0 Å². The first-order valence-electron chi connectivity index (χ1n) is 8.68. The third-order valence-electron chi connectivity index (χ3n) is 4.12. The molecule has 1 aromatic carbocycles. The predicted molar refractivity (Wildman–Crippen MR) is 103 cm³/mol. The third kappa shape index (κ3) is 4.34. The monoisotopic (exact) mass is 377 g/mol. The second-order valence-electron chi connectivity index (χ2n) is 6.05. The van der Waals surface area contributed by atoms with E-state index in [1.807, 2.05) is 6.07 Å². The van der Waals surface area contributed by atoms with Gasteiger partial charge in [-0.3, -0.25) is 14.7 Å². The van der Waals surface area contributed by atoms with Gasteiger partial charge in [-0.05, 0) is 36.2 Å². The van der Waals surface area contributed by atoms with Crippen molar-refractivity contribution < 1.29 is 9.53 Å². The van der Waals surface area contributed by atoms with Crippen LogP contribution >= 0.6 is 0 Å². The summed E-state index contributed by atoms with van der Waals surface area (Å²) in [6, 6.07) is 12.1. The zero-order chi connectivity index (χ0) is 19.9. The molecule has 3 rings (SSSR count). The Bertz CT molecular complexity index is 1040. The molecule has 0 unspecified atom stereocenters. The Kier molecular flexibility index (Phi) is 5.99. The molecule has 0 saturated carbocycles. The molecule has 0 aliphatic rings. The summed E-state index contributed by atoms with van der Waals surface area (Å²) in [5.41, 5.74) is 1.85. The molecule has 28 heavy (non-hydrogen) atoms. The molecule has 8 nitrogen and oxygen atoms in total. The van der Waals surface area contributed by atoms with Gasteiger partial charge in [-0.25, -0.2) is 9.67 Å². The predicted octanol–water partition coefficient (Wildman–Crippen LogP) is 1.87. The first-order valence-corrected chi connectivity index (χ1v) is 8.68. The number of benzene rings is 1. The maximum Gasteiger partial charge on any atom is 0.272 e. The van der Waals surface area contributed by atoms with E-state index in [4.69, 9.17) is 10.00 Å². The van der Waals surface area contributed by atoms with Crippen molar-refractivity contribution in [3.05, 3.63) is 70.3 Å². The van der Waals surface area contributed by atoms with Crippen LogP contribution in [0, 0.1) is 11.3 Å². The van der Waals surface area contributed by atoms with Crippen molar-refractivity contribution in [1.82, 2.24) is 20.1 Å². The number of aromatic amines is 1. The highest BCUT2D eigenvalue weighted by atomic mass is 16.5. The van der Waals surface area contributed by atoms with Crippen LogP contribution in [0.15, 0.2) is 53.6 Å². The molecule has 8 heteroatoms. The number of nitriles is 1. The van der Waals surface area contributed by atoms with E-state index in [0.29, 0.717) is 41.2 Å². The molecule has 1 amide bonds. The molecule has 0 aliphatic carbocycles. The van der Waals surface area contributed by atoms with E-state index >= 15 is 0 Å². The lowest BCUT2D eigenvalue weighted by Gasteiger charge is -2.06. The minimum absolute atomic E-state index is 0.213. The molecule has 0 atom stereocenters. The van der Waals surface area contributed by atoms with Crippen molar-refractivity contribution >= 4 is 5.91 Å². The summed E-state index contributed by atoms with van der Waals surface area (Å²) in [5, 5.41) is 14.4. The zero-order valence-electron chi connectivity index (χ0n) is 15.3. The van der Waals surface area contributed by atoms with E-state index in [-0.39, 0.29) is 11.5 Å². The Labute approximate surface area is 161 Å². The average molecular weight is 377 g/mol. The number of H-pyrrole nitrogens is 1. The van der Waals surface area contributed by atoms with Gasteiger partial charge in [0.05, 0.1) is 22.8 Å². The fraction of sp³-hybridized carbons (Fsp3) is 0.200. The van der Waals surface area contributed by atoms with Crippen LogP contribution in [-0.4, -0.2) is 40.9 Å². The molecule has 2 N–H and O–H groups in total. The number of nitrogens with zero attached hydrogens (tertiary/aromatic N) is 3. The lowest BCUT2D eigenvalue weighted by molar-refractivity contribution is 0.0948. The van der Waals surface area contributed by atoms with Crippen LogP contribution in [0.4, 0.5) is 0 Å². The summed E-state index contributed by atoms with van der Waals surface area (Å²) in [5.74, 6) is 0.266. The summed E-state index contributed by atoms with van der Waals surface area (Å²) in [6.45, 7) is 1.10. The average Bonchev–Trinajstić information content (AvgIpc) is 3.13. The van der Waals surface area contributed by atoms with Gasteiger partial charge in [0, 0.05) is 32.7 Å². The molecule has 0 saturated heterocycles. The van der Waals surface area contributed by atoms with Gasteiger partial charge in [0.25, 0.3) is 11.5 Å². The van der Waals surface area contributed by atoms with Crippen LogP contribution in [0.1, 0.15) is 22.3 Å². The van der Waals surface area contributed by atoms with Crippen molar-refractivity contribution in [2.75, 3.05) is 20.3 Å². The van der Waals surface area contributed by atoms with E-state index in [1.165, 1.54) is 10.9 Å². The van der Waals surface area contributed by atoms with Crippen molar-refractivity contribution in [3.63, 3.8) is 0 Å². The van der Waals surface area contributed by atoms with Crippen LogP contribution in [0.25, 0.3) is 16.9 Å². The quantitative estimate of drug-likeness (QED) is 0.610. The van der Waals surface area contributed by atoms with E-state index in [0.717, 1.165) is 6.42 Å². The molecule has 2 aromatic heterocycles. The molecule has 0 bridgehead atoms. The zero-order valence-corrected chi connectivity index (χ0v) is 15.3. The number of hydrogen-bond donors (Lipinski definition) is 2. The van der Waals surface area contributed by atoms with Crippen LogP contribution < -0.4 is 10.9 Å². The van der Waals surface area contributed by atoms with Gasteiger partial charge in [0.2, 0.25) is 0 Å². The normalized spacial score (nSPS) is 10.4. The highest BCUT2D eigenvalue weighted by Crippen LogP contribution is 2.17. The molecule has 2 heterocycles. The molecule has 0 spiro atoms. The van der Waals surface area contributed by atoms with Gasteiger partial charge < -0.3 is 10.1 Å². The first-order chi connectivity index (χ1) is 13.6. The first kappa shape index (κ1) is 19.1. The van der Waals surface area contributed by atoms with Crippen LogP contribution in [-0.2, 0) is 4.74 Å². The Morgan fingerprint density at radius 1 is 1.29 bits per heavy atom. The number of carbonyl (C=O) groups is 1. The molecule has 3 aromatic rings. The van der Waals surface area contributed by atoms with E-state index in [1.54, 1.807) is 49.7 Å². The number of hydrogen-bond acceptors (Lipinski definition) is 5. The Morgan fingerprint density at radius 3 is 2.71 bits per heavy atom. The summed E-state index contributed by atoms with van der Waals surface area (Å²) in [4.78, 5) is 28.6. The van der Waals surface area contributed by atoms with Crippen LogP contribution in [0.3, 0.4) is 0 Å². The highest BCUT2D eigenvalue weighted by molar-refractivity contribution is 5.93. The second kappa shape index (κ2) is 8.79. The standard InChI is InChI=1S/C20H19N5O3/c1-28-10-2-9-22-19(26)16-7-8-18(23-12-16)25-13-17(20(27)24-25)15-5-3-14(11-21)4-6-15/h3-8,12-13H,2,9-10H2,1H3,(H,22,26)(H,24,27). The molecule has 0 fully saturated rings. The topological polar surface area (TPSA) is 113 Å². The van der Waals surface area contributed by atoms with Crippen molar-refractivity contribution in [1.29, 1.82) is 5.26 Å². The van der Waals surface area contributed by atoms with Gasteiger partial charge in [0.1, 0.15) is 0 Å². The number of rotatable bonds is 7. The van der Waals surface area contributed by atoms with Gasteiger partial charge >= 0.3 is 0 Å². The second-order valence-corrected chi connectivity index (χ2v) is 6.05. The lowest BCUT2D eigenvalue weighted by Crippen LogP contribution is -2.25. The Morgan fingerprint density at radius 2 is 2.07 bits per heavy atom. The minimum Gasteiger partial charge on any atom is -0.385 e. The molecule has 0 aliphatic heterocycles. The SMILES string of the molecule is COCCCNC(=O)c1ccc(-n2cc(-c3ccc(C#N)cc3)c(=O)[nH]2)nc1. The number of methoxy groups -OCH3 is 1. The fourth-order valence-corrected chi connectivity index (χ4v) is 2.63. The number of pyridine rings is 1. The molecule has 142 valence electrons. The number of ether oxygens (including phenoxy) is 1. The Balaban J connectivity index is 1.74. The van der Waals surface area contributed by atoms with Gasteiger partial charge in [-0.15, -0.1) is 0 Å². The van der Waals surface area contributed by atoms with Gasteiger partial charge in [-0.1, -0.05) is 12.1 Å². The Hall–Kier alpha value is -3.70. The lowest BCUT2D eigenvalue weighted by atomic mass is 10.1. The summed E-state index contributed by atoms with van der Waals surface area (Å²) >= 11 is 0.